The van der Waals surface area contributed by atoms with Gasteiger partial charge in [-0.05, 0) is 111 Å². The van der Waals surface area contributed by atoms with Crippen molar-refractivity contribution in [2.75, 3.05) is 9.80 Å². The maximum Gasteiger partial charge on any atom is 0.0540 e. The van der Waals surface area contributed by atoms with Gasteiger partial charge in [0.1, 0.15) is 0 Å². The van der Waals surface area contributed by atoms with Crippen LogP contribution in [0.2, 0.25) is 0 Å². The normalized spacial score (nSPS) is 11.7. The summed E-state index contributed by atoms with van der Waals surface area (Å²) in [5, 5.41) is 10.2. The molecule has 0 saturated carbocycles. The molecule has 1 heterocycles. The third-order valence-electron chi connectivity index (χ3n) is 11.0. The Balaban J connectivity index is 1.15. The van der Waals surface area contributed by atoms with E-state index < -0.39 is 0 Å². The van der Waals surface area contributed by atoms with Crippen LogP contribution in [0.1, 0.15) is 0 Å². The van der Waals surface area contributed by atoms with Crippen LogP contribution in [0, 0.1) is 0 Å². The van der Waals surface area contributed by atoms with Crippen molar-refractivity contribution in [2.45, 2.75) is 0 Å². The lowest BCUT2D eigenvalue weighted by molar-refractivity contribution is 1.25. The van der Waals surface area contributed by atoms with Crippen molar-refractivity contribution < 1.29 is 0 Å². The second kappa shape index (κ2) is 13.4. The number of rotatable bonds is 7. The van der Waals surface area contributed by atoms with Crippen molar-refractivity contribution in [1.82, 2.24) is 0 Å². The standard InChI is InChI=1S/C52H33BrN2S/c53-39-30-43(54(41-18-10-15-38(29-41)34-11-3-1-4-12-34)42-25-28-50-47(33-42)45-19-7-8-20-49(45)56-50)32-44(31-39)55(40-16-5-2-6-17-40)48-27-24-37-22-21-35-13-9-14-36-23-26-46(48)52(37)51(35)36/h1-33H. The largest absolute Gasteiger partial charge is 0.310 e. The van der Waals surface area contributed by atoms with Crippen LogP contribution in [0.4, 0.5) is 34.1 Å². The highest BCUT2D eigenvalue weighted by Gasteiger charge is 2.22. The molecule has 1 aromatic heterocycles. The number of benzene rings is 10. The smallest absolute Gasteiger partial charge is 0.0540 e. The van der Waals surface area contributed by atoms with Gasteiger partial charge in [0.05, 0.1) is 5.69 Å². The zero-order chi connectivity index (χ0) is 37.2. The van der Waals surface area contributed by atoms with E-state index in [2.05, 4.69) is 226 Å². The molecule has 264 valence electrons. The van der Waals surface area contributed by atoms with E-state index in [9.17, 15) is 0 Å². The molecule has 0 aliphatic rings. The van der Waals surface area contributed by atoms with Crippen molar-refractivity contribution in [3.8, 4) is 11.1 Å². The zero-order valence-corrected chi connectivity index (χ0v) is 32.6. The van der Waals surface area contributed by atoms with E-state index in [4.69, 9.17) is 0 Å². The number of hydrogen-bond donors (Lipinski definition) is 0. The Morgan fingerprint density at radius 1 is 0.339 bits per heavy atom. The number of halogens is 1. The first-order valence-electron chi connectivity index (χ1n) is 18.9. The van der Waals surface area contributed by atoms with Gasteiger partial charge in [-0.1, -0.05) is 143 Å². The van der Waals surface area contributed by atoms with Crippen LogP contribution in [0.5, 0.6) is 0 Å². The molecule has 0 radical (unpaired) electrons. The first-order valence-corrected chi connectivity index (χ1v) is 20.5. The Morgan fingerprint density at radius 3 is 1.77 bits per heavy atom. The van der Waals surface area contributed by atoms with Crippen molar-refractivity contribution in [3.05, 3.63) is 205 Å². The molecule has 56 heavy (non-hydrogen) atoms. The Labute approximate surface area is 337 Å². The maximum absolute atomic E-state index is 4.01. The molecule has 11 aromatic rings. The Hall–Kier alpha value is -6.46. The highest BCUT2D eigenvalue weighted by Crippen LogP contribution is 2.47. The molecule has 0 bridgehead atoms. The maximum atomic E-state index is 4.01. The van der Waals surface area contributed by atoms with Crippen LogP contribution in [-0.4, -0.2) is 0 Å². The van der Waals surface area contributed by atoms with Gasteiger partial charge in [-0.2, -0.15) is 0 Å². The Morgan fingerprint density at radius 2 is 0.946 bits per heavy atom. The second-order valence-electron chi connectivity index (χ2n) is 14.3. The van der Waals surface area contributed by atoms with Crippen LogP contribution in [-0.2, 0) is 0 Å². The predicted molar refractivity (Wildman–Crippen MR) is 246 cm³/mol. The van der Waals surface area contributed by atoms with E-state index in [-0.39, 0.29) is 0 Å². The van der Waals surface area contributed by atoms with Gasteiger partial charge in [0, 0.05) is 58.5 Å². The molecule has 0 unspecified atom stereocenters. The molecule has 10 aromatic carbocycles. The first kappa shape index (κ1) is 32.9. The first-order chi connectivity index (χ1) is 27.7. The van der Waals surface area contributed by atoms with E-state index in [1.807, 2.05) is 11.3 Å². The minimum atomic E-state index is 0.995. The molecule has 0 amide bonds. The molecule has 0 spiro atoms. The lowest BCUT2D eigenvalue weighted by atomic mass is 9.93. The summed E-state index contributed by atoms with van der Waals surface area (Å²) in [5.74, 6) is 0. The molecular weight excluding hydrogens is 765 g/mol. The summed E-state index contributed by atoms with van der Waals surface area (Å²) in [7, 11) is 0. The highest BCUT2D eigenvalue weighted by atomic mass is 79.9. The Kier molecular flexibility index (Phi) is 7.87. The van der Waals surface area contributed by atoms with Crippen LogP contribution in [0.25, 0.3) is 63.6 Å². The average molecular weight is 798 g/mol. The lowest BCUT2D eigenvalue weighted by Crippen LogP contribution is -2.14. The quantitative estimate of drug-likeness (QED) is 0.148. The van der Waals surface area contributed by atoms with Crippen molar-refractivity contribution in [3.63, 3.8) is 0 Å². The topological polar surface area (TPSA) is 6.48 Å². The van der Waals surface area contributed by atoms with Gasteiger partial charge in [0.15, 0.2) is 0 Å². The molecule has 0 aliphatic carbocycles. The van der Waals surface area contributed by atoms with E-state index in [1.165, 1.54) is 63.6 Å². The summed E-state index contributed by atoms with van der Waals surface area (Å²) in [6, 6.07) is 73.0. The molecule has 11 rings (SSSR count). The molecule has 0 saturated heterocycles. The lowest BCUT2D eigenvalue weighted by Gasteiger charge is -2.31. The summed E-state index contributed by atoms with van der Waals surface area (Å²) in [6.45, 7) is 0. The number of thiophene rings is 1. The van der Waals surface area contributed by atoms with Gasteiger partial charge in [0.25, 0.3) is 0 Å². The third-order valence-corrected chi connectivity index (χ3v) is 12.6. The third kappa shape index (κ3) is 5.52. The SMILES string of the molecule is Brc1cc(N(c2cccc(-c3ccccc3)c2)c2ccc3sc4ccccc4c3c2)cc(N(c2ccccc2)c2ccc3ccc4cccc5ccc2c3c45)c1. The van der Waals surface area contributed by atoms with Crippen LogP contribution < -0.4 is 9.80 Å². The summed E-state index contributed by atoms with van der Waals surface area (Å²) in [5.41, 5.74) is 8.88. The van der Waals surface area contributed by atoms with Gasteiger partial charge >= 0.3 is 0 Å². The second-order valence-corrected chi connectivity index (χ2v) is 16.3. The molecule has 2 nitrogen and oxygen atoms in total. The van der Waals surface area contributed by atoms with Crippen LogP contribution >= 0.6 is 27.3 Å². The van der Waals surface area contributed by atoms with Gasteiger partial charge in [-0.25, -0.2) is 0 Å². The van der Waals surface area contributed by atoms with Gasteiger partial charge in [-0.3, -0.25) is 0 Å². The molecule has 0 aliphatic heterocycles. The van der Waals surface area contributed by atoms with E-state index >= 15 is 0 Å². The predicted octanol–water partition coefficient (Wildman–Crippen LogP) is 16.3. The average Bonchev–Trinajstić information content (AvgIpc) is 3.62. The fourth-order valence-electron chi connectivity index (χ4n) is 8.49. The minimum absolute atomic E-state index is 0.995. The van der Waals surface area contributed by atoms with Crippen molar-refractivity contribution in [2.24, 2.45) is 0 Å². The van der Waals surface area contributed by atoms with E-state index in [0.717, 1.165) is 38.6 Å². The summed E-state index contributed by atoms with van der Waals surface area (Å²) >= 11 is 5.86. The summed E-state index contributed by atoms with van der Waals surface area (Å²) in [4.78, 5) is 4.81. The van der Waals surface area contributed by atoms with Crippen molar-refractivity contribution in [1.29, 1.82) is 0 Å². The number of fused-ring (bicyclic) bond motifs is 3. The summed E-state index contributed by atoms with van der Waals surface area (Å²) in [6.07, 6.45) is 0. The zero-order valence-electron chi connectivity index (χ0n) is 30.2. The van der Waals surface area contributed by atoms with Crippen LogP contribution in [0.15, 0.2) is 205 Å². The number of para-hydroxylation sites is 1. The minimum Gasteiger partial charge on any atom is -0.310 e. The molecule has 0 N–H and O–H groups in total. The van der Waals surface area contributed by atoms with Crippen LogP contribution in [0.3, 0.4) is 0 Å². The molecular formula is C52H33BrN2S. The van der Waals surface area contributed by atoms with Gasteiger partial charge in [0.2, 0.25) is 0 Å². The fourth-order valence-corrected chi connectivity index (χ4v) is 10.0. The van der Waals surface area contributed by atoms with E-state index in [0.29, 0.717) is 0 Å². The van der Waals surface area contributed by atoms with Crippen molar-refractivity contribution >= 4 is 114 Å². The van der Waals surface area contributed by atoms with E-state index in [1.54, 1.807) is 0 Å². The monoisotopic (exact) mass is 796 g/mol. The fraction of sp³-hybridized carbons (Fsp3) is 0. The number of nitrogens with zero attached hydrogens (tertiary/aromatic N) is 2. The molecule has 0 fully saturated rings. The van der Waals surface area contributed by atoms with Gasteiger partial charge in [-0.15, -0.1) is 11.3 Å². The molecule has 4 heteroatoms. The highest BCUT2D eigenvalue weighted by molar-refractivity contribution is 9.10. The summed E-state index contributed by atoms with van der Waals surface area (Å²) < 4.78 is 3.58. The Bertz CT molecular complexity index is 3210. The van der Waals surface area contributed by atoms with Gasteiger partial charge < -0.3 is 9.80 Å². The number of anilines is 6. The number of hydrogen-bond acceptors (Lipinski definition) is 3. The molecule has 0 atom stereocenters.